The molecule has 0 saturated carbocycles. The van der Waals surface area contributed by atoms with Crippen molar-refractivity contribution in [2.45, 2.75) is 96.1 Å². The Bertz CT molecular complexity index is 553. The van der Waals surface area contributed by atoms with Crippen molar-refractivity contribution < 1.29 is 22.9 Å². The summed E-state index contributed by atoms with van der Waals surface area (Å²) in [6.45, 7) is 4.01. The van der Waals surface area contributed by atoms with Crippen molar-refractivity contribution in [1.29, 1.82) is 0 Å². The monoisotopic (exact) mass is 388 g/mol. The van der Waals surface area contributed by atoms with Crippen LogP contribution >= 0.6 is 0 Å². The van der Waals surface area contributed by atoms with E-state index in [1.807, 2.05) is 6.92 Å². The number of carbonyl (C=O) groups is 1. The SMILES string of the molecule is CCCCCC(CC(C(=O)O)C1=CCCCC1)CC(CCC)S(=O)(=O)O. The van der Waals surface area contributed by atoms with E-state index in [1.165, 1.54) is 0 Å². The van der Waals surface area contributed by atoms with Gasteiger partial charge in [-0.2, -0.15) is 8.42 Å². The first-order valence-electron chi connectivity index (χ1n) is 10.2. The van der Waals surface area contributed by atoms with E-state index in [2.05, 4.69) is 13.0 Å². The second-order valence-electron chi connectivity index (χ2n) is 7.67. The van der Waals surface area contributed by atoms with Gasteiger partial charge in [-0.3, -0.25) is 9.35 Å². The average Bonchev–Trinajstić information content (AvgIpc) is 2.58. The van der Waals surface area contributed by atoms with E-state index in [9.17, 15) is 22.9 Å². The second-order valence-corrected chi connectivity index (χ2v) is 9.37. The third-order valence-corrected chi connectivity index (χ3v) is 6.76. The van der Waals surface area contributed by atoms with Crippen LogP contribution in [0.15, 0.2) is 11.6 Å². The first-order valence-corrected chi connectivity index (χ1v) is 11.7. The van der Waals surface area contributed by atoms with Crippen molar-refractivity contribution in [3.63, 3.8) is 0 Å². The number of hydrogen-bond acceptors (Lipinski definition) is 3. The maximum atomic E-state index is 11.9. The molecule has 1 aliphatic rings. The Balaban J connectivity index is 2.91. The maximum absolute atomic E-state index is 11.9. The summed E-state index contributed by atoms with van der Waals surface area (Å²) in [5.41, 5.74) is 1.00. The molecule has 0 amide bonds. The smallest absolute Gasteiger partial charge is 0.310 e. The zero-order valence-corrected chi connectivity index (χ0v) is 17.1. The summed E-state index contributed by atoms with van der Waals surface area (Å²) in [5, 5.41) is 8.95. The van der Waals surface area contributed by atoms with Gasteiger partial charge >= 0.3 is 5.97 Å². The third kappa shape index (κ3) is 8.21. The van der Waals surface area contributed by atoms with E-state index in [1.54, 1.807) is 0 Å². The van der Waals surface area contributed by atoms with Gasteiger partial charge in [0.15, 0.2) is 0 Å². The molecule has 0 saturated heterocycles. The van der Waals surface area contributed by atoms with Crippen LogP contribution in [0.3, 0.4) is 0 Å². The molecule has 0 radical (unpaired) electrons. The van der Waals surface area contributed by atoms with Gasteiger partial charge in [0.05, 0.1) is 11.2 Å². The van der Waals surface area contributed by atoms with Gasteiger partial charge in [-0.25, -0.2) is 0 Å². The van der Waals surface area contributed by atoms with Crippen molar-refractivity contribution in [2.24, 2.45) is 11.8 Å². The fraction of sp³-hybridized carbons (Fsp3) is 0.850. The van der Waals surface area contributed by atoms with E-state index in [4.69, 9.17) is 0 Å². The minimum Gasteiger partial charge on any atom is -0.481 e. The van der Waals surface area contributed by atoms with Crippen molar-refractivity contribution in [3.05, 3.63) is 11.6 Å². The molecular formula is C20H36O5S. The van der Waals surface area contributed by atoms with Gasteiger partial charge < -0.3 is 5.11 Å². The number of carboxylic acid groups (broad SMARTS) is 1. The molecule has 0 fully saturated rings. The van der Waals surface area contributed by atoms with Crippen LogP contribution in [0.2, 0.25) is 0 Å². The van der Waals surface area contributed by atoms with Gasteiger partial charge in [-0.1, -0.05) is 57.6 Å². The minimum atomic E-state index is -4.10. The molecule has 152 valence electrons. The summed E-state index contributed by atoms with van der Waals surface area (Å²) in [6, 6.07) is 0. The summed E-state index contributed by atoms with van der Waals surface area (Å²) in [7, 11) is -4.10. The highest BCUT2D eigenvalue weighted by Gasteiger charge is 2.31. The Labute approximate surface area is 159 Å². The van der Waals surface area contributed by atoms with Crippen LogP contribution < -0.4 is 0 Å². The molecule has 0 aromatic carbocycles. The summed E-state index contributed by atoms with van der Waals surface area (Å²) in [6.07, 6.45) is 11.8. The normalized spacial score (nSPS) is 18.8. The van der Waals surface area contributed by atoms with Crippen LogP contribution in [0.1, 0.15) is 90.9 Å². The summed E-state index contributed by atoms with van der Waals surface area (Å²) < 4.78 is 33.0. The van der Waals surface area contributed by atoms with E-state index in [0.717, 1.165) is 56.9 Å². The van der Waals surface area contributed by atoms with E-state index < -0.39 is 27.3 Å². The van der Waals surface area contributed by atoms with Gasteiger partial charge in [0.25, 0.3) is 10.1 Å². The van der Waals surface area contributed by atoms with Crippen molar-refractivity contribution >= 4 is 16.1 Å². The molecule has 0 aromatic rings. The predicted octanol–water partition coefficient (Wildman–Crippen LogP) is 5.22. The first-order chi connectivity index (χ1) is 12.3. The maximum Gasteiger partial charge on any atom is 0.310 e. The Hall–Kier alpha value is -0.880. The molecule has 1 aliphatic carbocycles. The molecule has 2 N–H and O–H groups in total. The largest absolute Gasteiger partial charge is 0.481 e. The van der Waals surface area contributed by atoms with Gasteiger partial charge in [0, 0.05) is 0 Å². The molecule has 3 atom stereocenters. The van der Waals surface area contributed by atoms with Crippen LogP contribution in [0, 0.1) is 11.8 Å². The van der Waals surface area contributed by atoms with Crippen LogP contribution in [-0.2, 0) is 14.9 Å². The average molecular weight is 389 g/mol. The second kappa shape index (κ2) is 11.8. The van der Waals surface area contributed by atoms with Crippen LogP contribution in [0.25, 0.3) is 0 Å². The highest BCUT2D eigenvalue weighted by atomic mass is 32.2. The van der Waals surface area contributed by atoms with Gasteiger partial charge in [-0.15, -0.1) is 0 Å². The molecule has 26 heavy (non-hydrogen) atoms. The first kappa shape index (κ1) is 23.2. The number of aliphatic carboxylic acids is 1. The lowest BCUT2D eigenvalue weighted by atomic mass is 9.80. The number of hydrogen-bond donors (Lipinski definition) is 2. The summed E-state index contributed by atoms with van der Waals surface area (Å²) in [5.74, 6) is -1.33. The van der Waals surface area contributed by atoms with Crippen LogP contribution in [0.5, 0.6) is 0 Å². The molecular weight excluding hydrogens is 352 g/mol. The lowest BCUT2D eigenvalue weighted by molar-refractivity contribution is -0.141. The molecule has 3 unspecified atom stereocenters. The Morgan fingerprint density at radius 3 is 2.35 bits per heavy atom. The van der Waals surface area contributed by atoms with Crippen LogP contribution in [0.4, 0.5) is 0 Å². The number of allylic oxidation sites excluding steroid dienone is 1. The third-order valence-electron chi connectivity index (χ3n) is 5.48. The zero-order valence-electron chi connectivity index (χ0n) is 16.3. The Morgan fingerprint density at radius 2 is 1.85 bits per heavy atom. The molecule has 0 heterocycles. The van der Waals surface area contributed by atoms with Crippen molar-refractivity contribution in [3.8, 4) is 0 Å². The topological polar surface area (TPSA) is 91.7 Å². The number of rotatable bonds is 13. The van der Waals surface area contributed by atoms with Gasteiger partial charge in [0.1, 0.15) is 0 Å². The molecule has 6 heteroatoms. The molecule has 0 aliphatic heterocycles. The minimum absolute atomic E-state index is 0.00366. The molecule has 5 nitrogen and oxygen atoms in total. The molecule has 0 aromatic heterocycles. The molecule has 1 rings (SSSR count). The zero-order chi connectivity index (χ0) is 19.6. The van der Waals surface area contributed by atoms with E-state index in [-0.39, 0.29) is 5.92 Å². The lowest BCUT2D eigenvalue weighted by Crippen LogP contribution is -2.27. The number of unbranched alkanes of at least 4 members (excludes halogenated alkanes) is 2. The van der Waals surface area contributed by atoms with E-state index >= 15 is 0 Å². The lowest BCUT2D eigenvalue weighted by Gasteiger charge is -2.27. The molecule has 0 bridgehead atoms. The van der Waals surface area contributed by atoms with Crippen molar-refractivity contribution in [2.75, 3.05) is 0 Å². The Kier molecular flexibility index (Phi) is 10.5. The summed E-state index contributed by atoms with van der Waals surface area (Å²) in [4.78, 5) is 11.9. The Morgan fingerprint density at radius 1 is 1.12 bits per heavy atom. The fourth-order valence-corrected chi connectivity index (χ4v) is 5.07. The van der Waals surface area contributed by atoms with Gasteiger partial charge in [-0.05, 0) is 50.9 Å². The van der Waals surface area contributed by atoms with Gasteiger partial charge in [0.2, 0.25) is 0 Å². The standard InChI is InChI=1S/C20H36O5S/c1-3-5-7-11-16(14-18(10-4-2)26(23,24)25)15-19(20(21)22)17-12-8-6-9-13-17/h12,16,18-19H,3-11,13-15H2,1-2H3,(H,21,22)(H,23,24,25). The van der Waals surface area contributed by atoms with E-state index in [0.29, 0.717) is 25.7 Å². The fourth-order valence-electron chi connectivity index (χ4n) is 4.02. The summed E-state index contributed by atoms with van der Waals surface area (Å²) >= 11 is 0. The highest BCUT2D eigenvalue weighted by Crippen LogP contribution is 2.33. The molecule has 0 spiro atoms. The highest BCUT2D eigenvalue weighted by molar-refractivity contribution is 7.86. The van der Waals surface area contributed by atoms with Crippen molar-refractivity contribution in [1.82, 2.24) is 0 Å². The van der Waals surface area contributed by atoms with Crippen LogP contribution in [-0.4, -0.2) is 29.3 Å². The number of carboxylic acids is 1. The quantitative estimate of drug-likeness (QED) is 0.256. The predicted molar refractivity (Wildman–Crippen MR) is 105 cm³/mol.